The van der Waals surface area contributed by atoms with Crippen LogP contribution in [0.3, 0.4) is 0 Å². The van der Waals surface area contributed by atoms with Gasteiger partial charge in [-0.15, -0.1) is 0 Å². The van der Waals surface area contributed by atoms with Gasteiger partial charge in [-0.25, -0.2) is 22.2 Å². The van der Waals surface area contributed by atoms with Gasteiger partial charge in [-0.05, 0) is 0 Å². The van der Waals surface area contributed by atoms with Crippen molar-refractivity contribution in [2.24, 2.45) is 0 Å². The Labute approximate surface area is 103 Å². The molecule has 0 atom stereocenters. The molecule has 0 unspecified atom stereocenters. The van der Waals surface area contributed by atoms with Crippen LogP contribution in [0.2, 0.25) is 0 Å². The van der Waals surface area contributed by atoms with E-state index >= 15 is 0 Å². The molecule has 1 aromatic heterocycles. The van der Waals surface area contributed by atoms with Crippen LogP contribution in [-0.4, -0.2) is 18.3 Å². The summed E-state index contributed by atoms with van der Waals surface area (Å²) in [5.41, 5.74) is -3.23. The number of pyridine rings is 1. The lowest BCUT2D eigenvalue weighted by molar-refractivity contribution is -0.385. The Balaban J connectivity index is 3.80. The van der Waals surface area contributed by atoms with Gasteiger partial charge in [-0.1, -0.05) is 0 Å². The molecule has 0 amide bonds. The number of nitriles is 1. The first-order valence-corrected chi connectivity index (χ1v) is 6.31. The minimum absolute atomic E-state index is 0.328. The van der Waals surface area contributed by atoms with E-state index in [9.17, 15) is 27.3 Å². The van der Waals surface area contributed by atoms with Gasteiger partial charge in [0.2, 0.25) is 0 Å². The molecule has 7 nitrogen and oxygen atoms in total. The van der Waals surface area contributed by atoms with E-state index < -0.39 is 42.4 Å². The summed E-state index contributed by atoms with van der Waals surface area (Å²) < 4.78 is 46.9. The van der Waals surface area contributed by atoms with Gasteiger partial charge in [-0.3, -0.25) is 10.1 Å². The Morgan fingerprint density at radius 1 is 1.56 bits per heavy atom. The van der Waals surface area contributed by atoms with E-state index in [0.29, 0.717) is 6.07 Å². The monoisotopic (exact) mass is 297 g/mol. The molecule has 0 aliphatic heterocycles. The highest BCUT2D eigenvalue weighted by atomic mass is 35.7. The van der Waals surface area contributed by atoms with Crippen molar-refractivity contribution < 1.29 is 22.1 Å². The van der Waals surface area contributed by atoms with Crippen LogP contribution in [0.1, 0.15) is 17.7 Å². The summed E-state index contributed by atoms with van der Waals surface area (Å²) in [5, 5.41) is 18.0. The smallest absolute Gasteiger partial charge is 0.258 e. The Kier molecular flexibility index (Phi) is 3.78. The molecule has 0 fully saturated rings. The molecule has 96 valence electrons. The average molecular weight is 298 g/mol. The maximum absolute atomic E-state index is 12.4. The summed E-state index contributed by atoms with van der Waals surface area (Å²) in [6.45, 7) is 0. The first kappa shape index (κ1) is 14.2. The molecule has 1 rings (SSSR count). The summed E-state index contributed by atoms with van der Waals surface area (Å²) in [6.07, 6.45) is -3.24. The van der Waals surface area contributed by atoms with Crippen molar-refractivity contribution in [3.05, 3.63) is 27.4 Å². The van der Waals surface area contributed by atoms with Crippen molar-refractivity contribution in [2.75, 3.05) is 0 Å². The standard InChI is InChI=1S/C7H2ClF2N3O4S/c8-18(16,17)7-3(2-11)5(13(14)15)1-4(12-7)6(9)10/h1,6H. The van der Waals surface area contributed by atoms with Crippen molar-refractivity contribution in [2.45, 2.75) is 11.5 Å². The molecule has 11 heteroatoms. The minimum atomic E-state index is -4.66. The summed E-state index contributed by atoms with van der Waals surface area (Å²) in [4.78, 5) is 12.4. The molecule has 0 radical (unpaired) electrons. The van der Waals surface area contributed by atoms with Crippen LogP contribution >= 0.6 is 10.7 Å². The van der Waals surface area contributed by atoms with Crippen molar-refractivity contribution in [1.82, 2.24) is 4.98 Å². The SMILES string of the molecule is N#Cc1c([N+](=O)[O-])cc(C(F)F)nc1S(=O)(=O)Cl. The number of alkyl halides is 2. The van der Waals surface area contributed by atoms with Crippen molar-refractivity contribution in [3.8, 4) is 6.07 Å². The summed E-state index contributed by atoms with van der Waals surface area (Å²) in [6, 6.07) is 1.53. The van der Waals surface area contributed by atoms with Crippen LogP contribution in [0, 0.1) is 21.4 Å². The molecule has 0 spiro atoms. The third-order valence-corrected chi connectivity index (χ3v) is 2.94. The van der Waals surface area contributed by atoms with Crippen LogP contribution in [0.25, 0.3) is 0 Å². The van der Waals surface area contributed by atoms with Gasteiger partial charge < -0.3 is 0 Å². The lowest BCUT2D eigenvalue weighted by Crippen LogP contribution is -2.06. The van der Waals surface area contributed by atoms with Crippen LogP contribution in [-0.2, 0) is 9.05 Å². The first-order chi connectivity index (χ1) is 8.18. The highest BCUT2D eigenvalue weighted by Crippen LogP contribution is 2.30. The van der Waals surface area contributed by atoms with E-state index in [2.05, 4.69) is 4.98 Å². The van der Waals surface area contributed by atoms with Crippen molar-refractivity contribution in [3.63, 3.8) is 0 Å². The molecule has 0 saturated carbocycles. The minimum Gasteiger partial charge on any atom is -0.258 e. The third kappa shape index (κ3) is 2.69. The molecular weight excluding hydrogens is 296 g/mol. The lowest BCUT2D eigenvalue weighted by atomic mass is 10.2. The second kappa shape index (κ2) is 4.79. The fourth-order valence-electron chi connectivity index (χ4n) is 1.06. The molecule has 0 aliphatic rings. The number of nitro groups is 1. The van der Waals surface area contributed by atoms with Crippen LogP contribution < -0.4 is 0 Å². The summed E-state index contributed by atoms with van der Waals surface area (Å²) in [5.74, 6) is 0. The van der Waals surface area contributed by atoms with E-state index in [0.717, 1.165) is 0 Å². The highest BCUT2D eigenvalue weighted by molar-refractivity contribution is 8.13. The predicted octanol–water partition coefficient (Wildman–Crippen LogP) is 1.73. The molecule has 0 aromatic carbocycles. The van der Waals surface area contributed by atoms with E-state index in [1.54, 1.807) is 0 Å². The molecule has 1 heterocycles. The fourth-order valence-corrected chi connectivity index (χ4v) is 2.01. The Bertz CT molecular complexity index is 655. The van der Waals surface area contributed by atoms with Crippen molar-refractivity contribution in [1.29, 1.82) is 5.26 Å². The summed E-state index contributed by atoms with van der Waals surface area (Å²) >= 11 is 0. The van der Waals surface area contributed by atoms with Gasteiger partial charge in [0.05, 0.1) is 4.92 Å². The number of rotatable bonds is 3. The molecule has 1 aromatic rings. The molecule has 0 saturated heterocycles. The number of aromatic nitrogens is 1. The van der Waals surface area contributed by atoms with Crippen molar-refractivity contribution >= 4 is 25.4 Å². The van der Waals surface area contributed by atoms with Gasteiger partial charge in [-0.2, -0.15) is 5.26 Å². The van der Waals surface area contributed by atoms with Crippen LogP contribution in [0.15, 0.2) is 11.1 Å². The van der Waals surface area contributed by atoms with Gasteiger partial charge in [0.1, 0.15) is 11.8 Å². The number of hydrogen-bond acceptors (Lipinski definition) is 6. The summed E-state index contributed by atoms with van der Waals surface area (Å²) in [7, 11) is 0.230. The van der Waals surface area contributed by atoms with E-state index in [-0.39, 0.29) is 0 Å². The van der Waals surface area contributed by atoms with E-state index in [1.165, 1.54) is 6.07 Å². The third-order valence-electron chi connectivity index (χ3n) is 1.75. The molecule has 0 aliphatic carbocycles. The maximum Gasteiger partial charge on any atom is 0.292 e. The lowest BCUT2D eigenvalue weighted by Gasteiger charge is -2.04. The maximum atomic E-state index is 12.4. The quantitative estimate of drug-likeness (QED) is 0.477. The fraction of sp³-hybridized carbons (Fsp3) is 0.143. The molecule has 18 heavy (non-hydrogen) atoms. The largest absolute Gasteiger partial charge is 0.292 e. The number of hydrogen-bond donors (Lipinski definition) is 0. The second-order valence-electron chi connectivity index (χ2n) is 2.85. The normalized spacial score (nSPS) is 11.3. The zero-order valence-electron chi connectivity index (χ0n) is 8.17. The van der Waals surface area contributed by atoms with Crippen LogP contribution in [0.5, 0.6) is 0 Å². The van der Waals surface area contributed by atoms with E-state index in [1.807, 2.05) is 0 Å². The van der Waals surface area contributed by atoms with Gasteiger partial charge in [0.15, 0.2) is 10.6 Å². The van der Waals surface area contributed by atoms with Gasteiger partial charge >= 0.3 is 0 Å². The topological polar surface area (TPSA) is 114 Å². The Hall–Kier alpha value is -1.86. The molecule has 0 N–H and O–H groups in total. The predicted molar refractivity (Wildman–Crippen MR) is 53.6 cm³/mol. The van der Waals surface area contributed by atoms with Gasteiger partial charge in [0, 0.05) is 16.7 Å². The number of nitrogens with zero attached hydrogens (tertiary/aromatic N) is 3. The zero-order chi connectivity index (χ0) is 14.1. The highest BCUT2D eigenvalue weighted by Gasteiger charge is 2.30. The second-order valence-corrected chi connectivity index (χ2v) is 5.34. The Morgan fingerprint density at radius 2 is 2.11 bits per heavy atom. The average Bonchev–Trinajstić information content (AvgIpc) is 2.25. The first-order valence-electron chi connectivity index (χ1n) is 4.00. The van der Waals surface area contributed by atoms with Crippen LogP contribution in [0.4, 0.5) is 14.5 Å². The van der Waals surface area contributed by atoms with Gasteiger partial charge in [0.25, 0.3) is 21.2 Å². The van der Waals surface area contributed by atoms with E-state index in [4.69, 9.17) is 15.9 Å². The zero-order valence-corrected chi connectivity index (χ0v) is 9.74. The Morgan fingerprint density at radius 3 is 2.44 bits per heavy atom. The molecular formula is C7H2ClF2N3O4S. The molecule has 0 bridgehead atoms. The number of halogens is 3.